The van der Waals surface area contributed by atoms with Gasteiger partial charge in [-0.2, -0.15) is 0 Å². The molecule has 0 radical (unpaired) electrons. The highest BCUT2D eigenvalue weighted by Crippen LogP contribution is 2.45. The van der Waals surface area contributed by atoms with Gasteiger partial charge in [-0.3, -0.25) is 4.79 Å². The maximum absolute atomic E-state index is 12.1. The minimum atomic E-state index is -0.0951. The number of fused-ring (bicyclic) bond motifs is 1. The summed E-state index contributed by atoms with van der Waals surface area (Å²) in [6.45, 7) is 3.74. The van der Waals surface area contributed by atoms with Crippen molar-refractivity contribution in [2.24, 2.45) is 11.8 Å². The average Bonchev–Trinajstić information content (AvgIpc) is 3.15. The Balaban J connectivity index is 0.00000256. The van der Waals surface area contributed by atoms with Crippen molar-refractivity contribution in [3.63, 3.8) is 0 Å². The first-order valence-electron chi connectivity index (χ1n) is 9.73. The number of ether oxygens (including phenoxy) is 2. The second kappa shape index (κ2) is 10.5. The van der Waals surface area contributed by atoms with Crippen LogP contribution in [-0.2, 0) is 4.79 Å². The van der Waals surface area contributed by atoms with E-state index in [1.165, 1.54) is 6.20 Å². The van der Waals surface area contributed by atoms with Crippen molar-refractivity contribution in [3.8, 4) is 11.5 Å². The zero-order valence-corrected chi connectivity index (χ0v) is 18.6. The fourth-order valence-corrected chi connectivity index (χ4v) is 4.08. The molecule has 3 atom stereocenters. The Morgan fingerprint density at radius 2 is 1.77 bits per heavy atom. The van der Waals surface area contributed by atoms with Crippen LogP contribution in [0.2, 0.25) is 10.2 Å². The average molecular weight is 473 g/mol. The van der Waals surface area contributed by atoms with E-state index in [9.17, 15) is 4.79 Å². The molecule has 2 heterocycles. The van der Waals surface area contributed by atoms with E-state index in [1.807, 2.05) is 24.3 Å². The molecule has 1 amide bonds. The number of benzene rings is 1. The molecule has 4 rings (SSSR count). The lowest BCUT2D eigenvalue weighted by molar-refractivity contribution is -0.123. The molecule has 1 saturated carbocycles. The highest BCUT2D eigenvalue weighted by Gasteiger charge is 2.56. The number of likely N-dealkylation sites (tertiary alicyclic amines) is 1. The van der Waals surface area contributed by atoms with Crippen LogP contribution in [0.1, 0.15) is 6.42 Å². The van der Waals surface area contributed by atoms with E-state index in [4.69, 9.17) is 32.7 Å². The number of carbonyl (C=O) groups is 1. The van der Waals surface area contributed by atoms with Crippen LogP contribution >= 0.6 is 35.6 Å². The van der Waals surface area contributed by atoms with Crippen LogP contribution in [0.15, 0.2) is 42.6 Å². The first kappa shape index (κ1) is 22.9. The van der Waals surface area contributed by atoms with E-state index in [0.717, 1.165) is 31.8 Å². The Bertz CT molecular complexity index is 824. The minimum absolute atomic E-state index is 0. The van der Waals surface area contributed by atoms with Crippen molar-refractivity contribution >= 4 is 41.5 Å². The first-order valence-corrected chi connectivity index (χ1v) is 10.5. The summed E-state index contributed by atoms with van der Waals surface area (Å²) >= 11 is 11.6. The third-order valence-corrected chi connectivity index (χ3v) is 5.84. The van der Waals surface area contributed by atoms with Crippen LogP contribution in [0.4, 0.5) is 0 Å². The van der Waals surface area contributed by atoms with E-state index < -0.39 is 0 Å². The molecular weight excluding hydrogens is 449 g/mol. The van der Waals surface area contributed by atoms with Crippen LogP contribution < -0.4 is 14.8 Å². The SMILES string of the molecule is Cl.O=C(COc1ccc(Cl)nc1)NC1[C@H]2CN(CCCOc3ccc(Cl)cc3)C[C@@H]12. The number of aromatic nitrogens is 1. The molecule has 30 heavy (non-hydrogen) atoms. The molecule has 1 aliphatic carbocycles. The molecule has 1 aromatic heterocycles. The van der Waals surface area contributed by atoms with Gasteiger partial charge in [0.05, 0.1) is 12.8 Å². The molecule has 6 nitrogen and oxygen atoms in total. The van der Waals surface area contributed by atoms with Crippen molar-refractivity contribution in [2.45, 2.75) is 12.5 Å². The number of halogens is 3. The highest BCUT2D eigenvalue weighted by atomic mass is 35.5. The van der Waals surface area contributed by atoms with Crippen molar-refractivity contribution < 1.29 is 14.3 Å². The summed E-state index contributed by atoms with van der Waals surface area (Å²) in [5, 5.41) is 4.19. The number of nitrogens with zero attached hydrogens (tertiary/aromatic N) is 2. The normalized spacial score (nSPS) is 22.0. The number of hydrogen-bond donors (Lipinski definition) is 1. The Hall–Kier alpha value is -1.73. The van der Waals surface area contributed by atoms with Crippen LogP contribution in [0.25, 0.3) is 0 Å². The number of pyridine rings is 1. The third kappa shape index (κ3) is 6.14. The van der Waals surface area contributed by atoms with Gasteiger partial charge in [-0.05, 0) is 54.7 Å². The Morgan fingerprint density at radius 3 is 2.43 bits per heavy atom. The number of piperidine rings is 1. The molecule has 2 fully saturated rings. The summed E-state index contributed by atoms with van der Waals surface area (Å²) in [5.41, 5.74) is 0. The van der Waals surface area contributed by atoms with Gasteiger partial charge in [-0.25, -0.2) is 4.98 Å². The summed E-state index contributed by atoms with van der Waals surface area (Å²) < 4.78 is 11.2. The Kier molecular flexibility index (Phi) is 8.06. The molecule has 1 N–H and O–H groups in total. The van der Waals surface area contributed by atoms with Gasteiger partial charge < -0.3 is 19.7 Å². The summed E-state index contributed by atoms with van der Waals surface area (Å²) in [7, 11) is 0. The zero-order valence-electron chi connectivity index (χ0n) is 16.3. The maximum atomic E-state index is 12.1. The van der Waals surface area contributed by atoms with Gasteiger partial charge in [-0.1, -0.05) is 23.2 Å². The molecule has 1 aromatic carbocycles. The molecule has 0 bridgehead atoms. The monoisotopic (exact) mass is 471 g/mol. The largest absolute Gasteiger partial charge is 0.494 e. The Morgan fingerprint density at radius 1 is 1.07 bits per heavy atom. The quantitative estimate of drug-likeness (QED) is 0.445. The minimum Gasteiger partial charge on any atom is -0.494 e. The predicted molar refractivity (Wildman–Crippen MR) is 119 cm³/mol. The van der Waals surface area contributed by atoms with E-state index in [0.29, 0.717) is 34.4 Å². The summed E-state index contributed by atoms with van der Waals surface area (Å²) in [6, 6.07) is 11.0. The van der Waals surface area contributed by atoms with E-state index >= 15 is 0 Å². The van der Waals surface area contributed by atoms with E-state index in [1.54, 1.807) is 12.1 Å². The van der Waals surface area contributed by atoms with Crippen LogP contribution in [0.3, 0.4) is 0 Å². The molecular formula is C21H24Cl3N3O3. The second-order valence-corrected chi connectivity index (χ2v) is 8.27. The van der Waals surface area contributed by atoms with Crippen LogP contribution in [0.5, 0.6) is 11.5 Å². The highest BCUT2D eigenvalue weighted by molar-refractivity contribution is 6.30. The van der Waals surface area contributed by atoms with E-state index in [2.05, 4.69) is 15.2 Å². The predicted octanol–water partition coefficient (Wildman–Crippen LogP) is 3.70. The maximum Gasteiger partial charge on any atom is 0.258 e. The molecule has 2 aliphatic rings. The van der Waals surface area contributed by atoms with Crippen LogP contribution in [0, 0.1) is 11.8 Å². The van der Waals surface area contributed by atoms with Gasteiger partial charge in [0, 0.05) is 30.7 Å². The van der Waals surface area contributed by atoms with Crippen molar-refractivity contribution in [2.75, 3.05) is 32.8 Å². The smallest absolute Gasteiger partial charge is 0.258 e. The number of nitrogens with one attached hydrogen (secondary N) is 1. The van der Waals surface area contributed by atoms with Crippen LogP contribution in [-0.4, -0.2) is 54.7 Å². The molecule has 2 aromatic rings. The number of amides is 1. The molecule has 9 heteroatoms. The zero-order chi connectivity index (χ0) is 20.2. The standard InChI is InChI=1S/C21H23Cl2N3O3.ClH/c22-14-2-4-15(5-3-14)28-9-1-8-26-11-17-18(12-26)21(17)25-20(27)13-29-16-6-7-19(23)24-10-16;/h2-7,10,17-18,21H,1,8-9,11-13H2,(H,25,27);1H/t17-,18+,21?;. The lowest BCUT2D eigenvalue weighted by Crippen LogP contribution is -2.37. The fraction of sp³-hybridized carbons (Fsp3) is 0.429. The van der Waals surface area contributed by atoms with Gasteiger partial charge in [-0.15, -0.1) is 12.4 Å². The fourth-order valence-electron chi connectivity index (χ4n) is 3.84. The third-order valence-electron chi connectivity index (χ3n) is 5.37. The van der Waals surface area contributed by atoms with Gasteiger partial charge in [0.1, 0.15) is 16.7 Å². The topological polar surface area (TPSA) is 63.7 Å². The Labute approximate surface area is 192 Å². The van der Waals surface area contributed by atoms with Crippen molar-refractivity contribution in [3.05, 3.63) is 52.8 Å². The molecule has 1 unspecified atom stereocenters. The summed E-state index contributed by atoms with van der Waals surface area (Å²) in [4.78, 5) is 18.5. The second-order valence-electron chi connectivity index (χ2n) is 7.44. The molecule has 1 aliphatic heterocycles. The van der Waals surface area contributed by atoms with Crippen molar-refractivity contribution in [1.29, 1.82) is 0 Å². The lowest BCUT2D eigenvalue weighted by atomic mass is 10.3. The van der Waals surface area contributed by atoms with Gasteiger partial charge in [0.25, 0.3) is 5.91 Å². The number of carbonyl (C=O) groups excluding carboxylic acids is 1. The molecule has 162 valence electrons. The molecule has 1 saturated heterocycles. The van der Waals surface area contributed by atoms with Gasteiger partial charge >= 0.3 is 0 Å². The molecule has 0 spiro atoms. The lowest BCUT2D eigenvalue weighted by Gasteiger charge is -2.20. The summed E-state index contributed by atoms with van der Waals surface area (Å²) in [5.74, 6) is 2.38. The summed E-state index contributed by atoms with van der Waals surface area (Å²) in [6.07, 6.45) is 2.48. The van der Waals surface area contributed by atoms with Crippen molar-refractivity contribution in [1.82, 2.24) is 15.2 Å². The van der Waals surface area contributed by atoms with Gasteiger partial charge in [0.2, 0.25) is 0 Å². The number of hydrogen-bond acceptors (Lipinski definition) is 5. The van der Waals surface area contributed by atoms with Gasteiger partial charge in [0.15, 0.2) is 6.61 Å². The van der Waals surface area contributed by atoms with E-state index in [-0.39, 0.29) is 31.0 Å². The first-order chi connectivity index (χ1) is 14.1. The number of rotatable bonds is 9.